The Morgan fingerprint density at radius 3 is 2.89 bits per heavy atom. The number of nitrogens with zero attached hydrogens (tertiary/aromatic N) is 2. The number of H-pyrrole nitrogens is 1. The Morgan fingerprint density at radius 1 is 1.56 bits per heavy atom. The Balaban J connectivity index is 2.27. The summed E-state index contributed by atoms with van der Waals surface area (Å²) in [4.78, 5) is 30.2. The minimum atomic E-state index is -0.0577. The van der Waals surface area contributed by atoms with Gasteiger partial charge in [0.2, 0.25) is 0 Å². The average Bonchev–Trinajstić information content (AvgIpc) is 2.93. The van der Waals surface area contributed by atoms with Gasteiger partial charge in [0, 0.05) is 12.2 Å². The molecule has 2 heterocycles. The van der Waals surface area contributed by atoms with E-state index in [1.807, 2.05) is 30.8 Å². The number of hydrogen-bond acceptors (Lipinski definition) is 3. The molecule has 5 nitrogen and oxygen atoms in total. The van der Waals surface area contributed by atoms with Gasteiger partial charge in [-0.15, -0.1) is 0 Å². The van der Waals surface area contributed by atoms with E-state index < -0.39 is 0 Å². The van der Waals surface area contributed by atoms with E-state index in [2.05, 4.69) is 4.98 Å². The second kappa shape index (κ2) is 4.94. The maximum atomic E-state index is 12.5. The summed E-state index contributed by atoms with van der Waals surface area (Å²) >= 11 is 0. The van der Waals surface area contributed by atoms with Crippen LogP contribution in [0, 0.1) is 6.92 Å². The van der Waals surface area contributed by atoms with Crippen molar-refractivity contribution in [3.8, 4) is 0 Å². The summed E-state index contributed by atoms with van der Waals surface area (Å²) in [6.07, 6.45) is 2.83. The number of nitrogens with one attached hydrogen (secondary N) is 1. The number of likely N-dealkylation sites (tertiary alicyclic amines) is 1. The molecule has 1 unspecified atom stereocenters. The molecular weight excluding hydrogens is 230 g/mol. The van der Waals surface area contributed by atoms with Crippen molar-refractivity contribution >= 4 is 12.2 Å². The SMILES string of the molecule is Cc1cc(C(=O)N2CCCC2N(C)C)c(C=O)[nH]1. The first-order valence-corrected chi connectivity index (χ1v) is 6.16. The lowest BCUT2D eigenvalue weighted by atomic mass is 10.2. The van der Waals surface area contributed by atoms with E-state index in [-0.39, 0.29) is 12.1 Å². The maximum absolute atomic E-state index is 12.5. The normalized spacial score (nSPS) is 19.6. The van der Waals surface area contributed by atoms with Crippen LogP contribution in [-0.2, 0) is 0 Å². The first kappa shape index (κ1) is 12.8. The lowest BCUT2D eigenvalue weighted by Crippen LogP contribution is -2.44. The van der Waals surface area contributed by atoms with Gasteiger partial charge in [-0.2, -0.15) is 0 Å². The molecule has 0 radical (unpaired) electrons. The van der Waals surface area contributed by atoms with E-state index in [1.54, 1.807) is 6.07 Å². The van der Waals surface area contributed by atoms with Crippen LogP contribution in [-0.4, -0.2) is 53.8 Å². The second-order valence-corrected chi connectivity index (χ2v) is 4.98. The van der Waals surface area contributed by atoms with E-state index in [4.69, 9.17) is 0 Å². The third-order valence-electron chi connectivity index (χ3n) is 3.41. The molecule has 0 aromatic carbocycles. The van der Waals surface area contributed by atoms with Crippen LogP contribution in [0.5, 0.6) is 0 Å². The lowest BCUT2D eigenvalue weighted by Gasteiger charge is -2.29. The summed E-state index contributed by atoms with van der Waals surface area (Å²) in [6.45, 7) is 2.60. The summed E-state index contributed by atoms with van der Waals surface area (Å²) in [7, 11) is 3.94. The highest BCUT2D eigenvalue weighted by Gasteiger charge is 2.32. The van der Waals surface area contributed by atoms with Crippen LogP contribution in [0.1, 0.15) is 39.4 Å². The number of aromatic nitrogens is 1. The Hall–Kier alpha value is -1.62. The van der Waals surface area contributed by atoms with Crippen molar-refractivity contribution in [3.63, 3.8) is 0 Å². The minimum absolute atomic E-state index is 0.0577. The molecule has 0 aliphatic carbocycles. The third-order valence-corrected chi connectivity index (χ3v) is 3.41. The zero-order chi connectivity index (χ0) is 13.3. The van der Waals surface area contributed by atoms with E-state index in [0.29, 0.717) is 17.5 Å². The molecule has 1 aromatic heterocycles. The number of hydrogen-bond donors (Lipinski definition) is 1. The maximum Gasteiger partial charge on any atom is 0.257 e. The molecule has 1 aliphatic rings. The Bertz CT molecular complexity index is 465. The fourth-order valence-electron chi connectivity index (χ4n) is 2.56. The predicted octanol–water partition coefficient (Wildman–Crippen LogP) is 1.26. The Morgan fingerprint density at radius 2 is 2.28 bits per heavy atom. The second-order valence-electron chi connectivity index (χ2n) is 4.98. The summed E-state index contributed by atoms with van der Waals surface area (Å²) in [5.74, 6) is -0.0577. The van der Waals surface area contributed by atoms with E-state index in [0.717, 1.165) is 25.1 Å². The molecule has 1 saturated heterocycles. The molecule has 1 aliphatic heterocycles. The van der Waals surface area contributed by atoms with Crippen LogP contribution in [0.4, 0.5) is 0 Å². The first-order chi connectivity index (χ1) is 8.54. The molecule has 1 fully saturated rings. The summed E-state index contributed by atoms with van der Waals surface area (Å²) in [5, 5.41) is 0. The monoisotopic (exact) mass is 249 g/mol. The molecule has 1 amide bonds. The summed E-state index contributed by atoms with van der Waals surface area (Å²) in [6, 6.07) is 1.75. The van der Waals surface area contributed by atoms with Crippen molar-refractivity contribution in [1.29, 1.82) is 0 Å². The molecule has 1 atom stereocenters. The van der Waals surface area contributed by atoms with Crippen LogP contribution in [0.2, 0.25) is 0 Å². The van der Waals surface area contributed by atoms with E-state index in [9.17, 15) is 9.59 Å². The van der Waals surface area contributed by atoms with E-state index >= 15 is 0 Å². The fraction of sp³-hybridized carbons (Fsp3) is 0.538. The molecule has 0 spiro atoms. The van der Waals surface area contributed by atoms with Crippen LogP contribution >= 0.6 is 0 Å². The number of carbonyl (C=O) groups excluding carboxylic acids is 2. The van der Waals surface area contributed by atoms with Crippen molar-refractivity contribution in [2.24, 2.45) is 0 Å². The standard InChI is InChI=1S/C13H19N3O2/c1-9-7-10(11(8-17)14-9)13(18)16-6-4-5-12(16)15(2)3/h7-8,12,14H,4-6H2,1-3H3. The number of aldehydes is 1. The average molecular weight is 249 g/mol. The van der Waals surface area contributed by atoms with Gasteiger partial charge in [-0.1, -0.05) is 0 Å². The molecule has 98 valence electrons. The molecule has 1 aromatic rings. The fourth-order valence-corrected chi connectivity index (χ4v) is 2.56. The zero-order valence-corrected chi connectivity index (χ0v) is 11.1. The van der Waals surface area contributed by atoms with Gasteiger partial charge in [-0.25, -0.2) is 0 Å². The Kier molecular flexibility index (Phi) is 3.52. The highest BCUT2D eigenvalue weighted by atomic mass is 16.2. The third kappa shape index (κ3) is 2.18. The van der Waals surface area contributed by atoms with Crippen LogP contribution in [0.15, 0.2) is 6.07 Å². The van der Waals surface area contributed by atoms with Gasteiger partial charge >= 0.3 is 0 Å². The first-order valence-electron chi connectivity index (χ1n) is 6.16. The largest absolute Gasteiger partial charge is 0.356 e. The molecule has 0 saturated carbocycles. The number of aromatic amines is 1. The van der Waals surface area contributed by atoms with Crippen molar-refractivity contribution in [2.75, 3.05) is 20.6 Å². The Labute approximate surface area is 107 Å². The van der Waals surface area contributed by atoms with Gasteiger partial charge < -0.3 is 9.88 Å². The number of rotatable bonds is 3. The number of amides is 1. The van der Waals surface area contributed by atoms with Crippen molar-refractivity contribution in [3.05, 3.63) is 23.0 Å². The van der Waals surface area contributed by atoms with E-state index in [1.165, 1.54) is 0 Å². The van der Waals surface area contributed by atoms with Gasteiger partial charge in [0.25, 0.3) is 5.91 Å². The molecule has 0 bridgehead atoms. The van der Waals surface area contributed by atoms with Gasteiger partial charge in [-0.05, 0) is 39.9 Å². The number of carbonyl (C=O) groups is 2. The lowest BCUT2D eigenvalue weighted by molar-refractivity contribution is 0.0582. The quantitative estimate of drug-likeness (QED) is 0.820. The predicted molar refractivity (Wildman–Crippen MR) is 68.7 cm³/mol. The van der Waals surface area contributed by atoms with Crippen LogP contribution < -0.4 is 0 Å². The highest BCUT2D eigenvalue weighted by molar-refractivity contribution is 6.01. The zero-order valence-electron chi connectivity index (χ0n) is 11.1. The molecule has 18 heavy (non-hydrogen) atoms. The van der Waals surface area contributed by atoms with Gasteiger partial charge in [0.15, 0.2) is 6.29 Å². The number of aryl methyl sites for hydroxylation is 1. The van der Waals surface area contributed by atoms with Crippen LogP contribution in [0.3, 0.4) is 0 Å². The van der Waals surface area contributed by atoms with Gasteiger partial charge in [0.1, 0.15) is 0 Å². The van der Waals surface area contributed by atoms with Crippen molar-refractivity contribution in [2.45, 2.75) is 25.9 Å². The molecule has 1 N–H and O–H groups in total. The van der Waals surface area contributed by atoms with Crippen LogP contribution in [0.25, 0.3) is 0 Å². The summed E-state index contributed by atoms with van der Waals surface area (Å²) < 4.78 is 0. The van der Waals surface area contributed by atoms with Gasteiger partial charge in [0.05, 0.1) is 17.4 Å². The minimum Gasteiger partial charge on any atom is -0.356 e. The smallest absolute Gasteiger partial charge is 0.257 e. The molecule has 2 rings (SSSR count). The molecular formula is C13H19N3O2. The van der Waals surface area contributed by atoms with Gasteiger partial charge in [-0.3, -0.25) is 14.5 Å². The van der Waals surface area contributed by atoms with Crippen molar-refractivity contribution in [1.82, 2.24) is 14.8 Å². The molecule has 5 heteroatoms. The highest BCUT2D eigenvalue weighted by Crippen LogP contribution is 2.22. The van der Waals surface area contributed by atoms with Crippen molar-refractivity contribution < 1.29 is 9.59 Å². The topological polar surface area (TPSA) is 56.4 Å². The summed E-state index contributed by atoms with van der Waals surface area (Å²) in [5.41, 5.74) is 1.69.